The van der Waals surface area contributed by atoms with Crippen molar-refractivity contribution in [2.45, 2.75) is 11.3 Å². The van der Waals surface area contributed by atoms with Gasteiger partial charge in [0, 0.05) is 28.3 Å². The monoisotopic (exact) mass is 440 g/mol. The van der Waals surface area contributed by atoms with Crippen LogP contribution in [0, 0.1) is 0 Å². The van der Waals surface area contributed by atoms with Gasteiger partial charge in [-0.2, -0.15) is 0 Å². The molecule has 0 atom stereocenters. The molecule has 0 spiro atoms. The number of fused-ring (bicyclic) bond motifs is 1. The number of ether oxygens (including phenoxy) is 1. The predicted molar refractivity (Wildman–Crippen MR) is 111 cm³/mol. The maximum atomic E-state index is 11.8. The summed E-state index contributed by atoms with van der Waals surface area (Å²) in [5.41, 5.74) is 4.14. The van der Waals surface area contributed by atoms with Crippen LogP contribution in [0.1, 0.15) is 16.7 Å². The number of para-hydroxylation sites is 1. The lowest BCUT2D eigenvalue weighted by molar-refractivity contribution is 0.502. The van der Waals surface area contributed by atoms with Crippen molar-refractivity contribution in [2.24, 2.45) is 0 Å². The molecule has 4 rings (SSSR count). The maximum absolute atomic E-state index is 11.8. The van der Waals surface area contributed by atoms with Crippen LogP contribution in [-0.2, 0) is 16.3 Å². The van der Waals surface area contributed by atoms with E-state index in [1.807, 2.05) is 30.3 Å². The summed E-state index contributed by atoms with van der Waals surface area (Å²) in [4.78, 5) is 0.299. The molecule has 3 aromatic rings. The average Bonchev–Trinajstić information content (AvgIpc) is 2.67. The summed E-state index contributed by atoms with van der Waals surface area (Å²) in [5, 5.41) is 0. The molecule has 0 aromatic heterocycles. The van der Waals surface area contributed by atoms with Gasteiger partial charge in [0.25, 0.3) is 0 Å². The Kier molecular flexibility index (Phi) is 4.66. The predicted octanol–water partition coefficient (Wildman–Crippen LogP) is 5.36. The Bertz CT molecular complexity index is 1130. The molecule has 1 heterocycles. The summed E-state index contributed by atoms with van der Waals surface area (Å²) in [6, 6.07) is 23.0. The van der Waals surface area contributed by atoms with E-state index in [9.17, 15) is 8.42 Å². The van der Waals surface area contributed by atoms with E-state index in [1.165, 1.54) is 6.26 Å². The number of benzene rings is 3. The summed E-state index contributed by atoms with van der Waals surface area (Å²) in [6.07, 6.45) is 1.96. The largest absolute Gasteiger partial charge is 0.456 e. The topological polar surface area (TPSA) is 43.4 Å². The van der Waals surface area contributed by atoms with Gasteiger partial charge < -0.3 is 4.74 Å². The molecular formula is C22H17BrO3S. The van der Waals surface area contributed by atoms with Crippen LogP contribution in [0.4, 0.5) is 0 Å². The number of rotatable bonds is 3. The lowest BCUT2D eigenvalue weighted by Crippen LogP contribution is -2.09. The van der Waals surface area contributed by atoms with Crippen LogP contribution < -0.4 is 4.74 Å². The van der Waals surface area contributed by atoms with E-state index in [0.717, 1.165) is 44.7 Å². The van der Waals surface area contributed by atoms with Gasteiger partial charge in [-0.3, -0.25) is 0 Å². The molecule has 3 aromatic carbocycles. The minimum atomic E-state index is -3.23. The van der Waals surface area contributed by atoms with Gasteiger partial charge >= 0.3 is 0 Å². The van der Waals surface area contributed by atoms with E-state index in [1.54, 1.807) is 24.3 Å². The van der Waals surface area contributed by atoms with Crippen molar-refractivity contribution in [1.29, 1.82) is 0 Å². The maximum Gasteiger partial charge on any atom is 0.175 e. The molecule has 0 fully saturated rings. The lowest BCUT2D eigenvalue weighted by Gasteiger charge is -2.24. The van der Waals surface area contributed by atoms with Crippen LogP contribution in [0.3, 0.4) is 0 Å². The summed E-state index contributed by atoms with van der Waals surface area (Å²) in [7, 11) is -3.23. The second-order valence-electron chi connectivity index (χ2n) is 6.50. The third kappa shape index (κ3) is 3.70. The number of hydrogen-bond donors (Lipinski definition) is 0. The Morgan fingerprint density at radius 2 is 1.48 bits per heavy atom. The van der Waals surface area contributed by atoms with Gasteiger partial charge in [-0.05, 0) is 53.6 Å². The number of hydrogen-bond acceptors (Lipinski definition) is 3. The molecule has 5 heteroatoms. The molecule has 0 saturated carbocycles. The van der Waals surface area contributed by atoms with Crippen molar-refractivity contribution in [3.8, 4) is 5.75 Å². The molecule has 0 N–H and O–H groups in total. The van der Waals surface area contributed by atoms with Crippen LogP contribution >= 0.6 is 15.9 Å². The summed E-state index contributed by atoms with van der Waals surface area (Å²) in [6.45, 7) is 0. The van der Waals surface area contributed by atoms with Gasteiger partial charge in [-0.1, -0.05) is 46.3 Å². The quantitative estimate of drug-likeness (QED) is 0.550. The van der Waals surface area contributed by atoms with Crippen LogP contribution in [0.25, 0.3) is 11.3 Å². The van der Waals surface area contributed by atoms with Gasteiger partial charge in [0.2, 0.25) is 0 Å². The molecule has 1 aliphatic rings. The fourth-order valence-electron chi connectivity index (χ4n) is 3.16. The smallest absolute Gasteiger partial charge is 0.175 e. The van der Waals surface area contributed by atoms with E-state index in [2.05, 4.69) is 34.1 Å². The van der Waals surface area contributed by atoms with E-state index in [-0.39, 0.29) is 0 Å². The molecule has 1 aliphatic heterocycles. The van der Waals surface area contributed by atoms with Gasteiger partial charge in [0.1, 0.15) is 11.5 Å². The molecule has 136 valence electrons. The van der Waals surface area contributed by atoms with E-state index in [0.29, 0.717) is 4.90 Å². The Morgan fingerprint density at radius 3 is 2.15 bits per heavy atom. The Morgan fingerprint density at radius 1 is 0.852 bits per heavy atom. The number of sulfone groups is 1. The molecular weight excluding hydrogens is 424 g/mol. The van der Waals surface area contributed by atoms with E-state index < -0.39 is 9.84 Å². The van der Waals surface area contributed by atoms with Gasteiger partial charge in [-0.25, -0.2) is 8.42 Å². The third-order valence-electron chi connectivity index (χ3n) is 4.56. The molecule has 0 bridgehead atoms. The zero-order chi connectivity index (χ0) is 19.0. The first-order valence-electron chi connectivity index (χ1n) is 8.47. The SMILES string of the molecule is CS(=O)(=O)c1ccc(C2=C(c3ccc(Br)cc3)Cc3ccccc3O2)cc1. The highest BCUT2D eigenvalue weighted by molar-refractivity contribution is 9.10. The highest BCUT2D eigenvalue weighted by atomic mass is 79.9. The summed E-state index contributed by atoms with van der Waals surface area (Å²) < 4.78 is 30.8. The summed E-state index contributed by atoms with van der Waals surface area (Å²) >= 11 is 3.48. The standard InChI is InChI=1S/C22H17BrO3S/c1-27(24,25)19-12-8-16(9-13-19)22-20(15-6-10-18(23)11-7-15)14-17-4-2-3-5-21(17)26-22/h2-13H,14H2,1H3. The fraction of sp³-hybridized carbons (Fsp3) is 0.0909. The minimum absolute atomic E-state index is 0.299. The zero-order valence-corrected chi connectivity index (χ0v) is 17.0. The van der Waals surface area contributed by atoms with E-state index in [4.69, 9.17) is 4.74 Å². The van der Waals surface area contributed by atoms with Crippen LogP contribution in [0.2, 0.25) is 0 Å². The average molecular weight is 441 g/mol. The third-order valence-corrected chi connectivity index (χ3v) is 6.22. The zero-order valence-electron chi connectivity index (χ0n) is 14.6. The van der Waals surface area contributed by atoms with Crippen LogP contribution in [0.15, 0.2) is 82.2 Å². The molecule has 0 amide bonds. The molecule has 0 radical (unpaired) electrons. The Labute approximate surface area is 167 Å². The van der Waals surface area contributed by atoms with Crippen LogP contribution in [0.5, 0.6) is 5.75 Å². The molecule has 0 aliphatic carbocycles. The van der Waals surface area contributed by atoms with Gasteiger partial charge in [-0.15, -0.1) is 0 Å². The first-order chi connectivity index (χ1) is 12.9. The van der Waals surface area contributed by atoms with Crippen molar-refractivity contribution in [3.05, 3.63) is 94.0 Å². The molecule has 27 heavy (non-hydrogen) atoms. The van der Waals surface area contributed by atoms with Crippen molar-refractivity contribution in [1.82, 2.24) is 0 Å². The lowest BCUT2D eigenvalue weighted by atomic mass is 9.92. The highest BCUT2D eigenvalue weighted by Gasteiger charge is 2.22. The van der Waals surface area contributed by atoms with Gasteiger partial charge in [0.05, 0.1) is 4.90 Å². The second kappa shape index (κ2) is 6.98. The van der Waals surface area contributed by atoms with Crippen molar-refractivity contribution < 1.29 is 13.2 Å². The minimum Gasteiger partial charge on any atom is -0.456 e. The molecule has 0 saturated heterocycles. The Balaban J connectivity index is 1.85. The fourth-order valence-corrected chi connectivity index (χ4v) is 4.06. The first kappa shape index (κ1) is 18.0. The van der Waals surface area contributed by atoms with Crippen molar-refractivity contribution in [3.63, 3.8) is 0 Å². The number of allylic oxidation sites excluding steroid dienone is 1. The first-order valence-corrected chi connectivity index (χ1v) is 11.2. The van der Waals surface area contributed by atoms with Crippen LogP contribution in [-0.4, -0.2) is 14.7 Å². The number of halogens is 1. The summed E-state index contributed by atoms with van der Waals surface area (Å²) in [5.74, 6) is 1.59. The van der Waals surface area contributed by atoms with Crippen molar-refractivity contribution in [2.75, 3.05) is 6.26 Å². The molecule has 0 unspecified atom stereocenters. The molecule has 3 nitrogen and oxygen atoms in total. The Hall–Kier alpha value is -2.37. The van der Waals surface area contributed by atoms with E-state index >= 15 is 0 Å². The van der Waals surface area contributed by atoms with Crippen molar-refractivity contribution >= 4 is 37.1 Å². The van der Waals surface area contributed by atoms with Gasteiger partial charge in [0.15, 0.2) is 9.84 Å². The highest BCUT2D eigenvalue weighted by Crippen LogP contribution is 2.39. The normalized spacial score (nSPS) is 13.9. The second-order valence-corrected chi connectivity index (χ2v) is 9.43.